The minimum absolute atomic E-state index is 0.0239. The number of thiocarbonyl (C=S) groups is 1. The average molecular weight is 526 g/mol. The van der Waals surface area contributed by atoms with E-state index in [-0.39, 0.29) is 28.1 Å². The number of imide groups is 1. The summed E-state index contributed by atoms with van der Waals surface area (Å²) >= 11 is 18.4. The standard InChI is InChI=1S/C27H25Cl2N3O2S/c1-17-11-12-22(18(2)15-17)30-27(35)31(14-13-19-7-4-3-5-8-19)23-16-24(33)32(26(23)34)25-20(28)9-6-10-21(25)29/h3-12,15,23H,13-14,16H2,1-2H3,(H,30,35)/t23-/m1/s1. The van der Waals surface area contributed by atoms with E-state index in [0.29, 0.717) is 18.1 Å². The van der Waals surface area contributed by atoms with E-state index in [4.69, 9.17) is 35.4 Å². The van der Waals surface area contributed by atoms with Crippen LogP contribution in [0.5, 0.6) is 0 Å². The number of halogens is 2. The van der Waals surface area contributed by atoms with Crippen molar-refractivity contribution in [3.8, 4) is 0 Å². The van der Waals surface area contributed by atoms with Crippen LogP contribution in [0.4, 0.5) is 11.4 Å². The van der Waals surface area contributed by atoms with E-state index < -0.39 is 11.9 Å². The zero-order valence-corrected chi connectivity index (χ0v) is 21.8. The third-order valence-corrected chi connectivity index (χ3v) is 6.98. The molecule has 0 saturated carbocycles. The van der Waals surface area contributed by atoms with Crippen molar-refractivity contribution in [2.24, 2.45) is 0 Å². The van der Waals surface area contributed by atoms with Crippen molar-refractivity contribution in [2.45, 2.75) is 32.7 Å². The summed E-state index contributed by atoms with van der Waals surface area (Å²) in [6, 6.07) is 20.1. The number of para-hydroxylation sites is 1. The Bertz CT molecular complexity index is 1260. The molecule has 1 fully saturated rings. The summed E-state index contributed by atoms with van der Waals surface area (Å²) < 4.78 is 0. The van der Waals surface area contributed by atoms with E-state index >= 15 is 0 Å². The smallest absolute Gasteiger partial charge is 0.257 e. The van der Waals surface area contributed by atoms with Crippen LogP contribution in [-0.2, 0) is 16.0 Å². The second-order valence-corrected chi connectivity index (χ2v) is 9.74. The summed E-state index contributed by atoms with van der Waals surface area (Å²) in [5, 5.41) is 4.15. The van der Waals surface area contributed by atoms with E-state index in [1.165, 1.54) is 0 Å². The summed E-state index contributed by atoms with van der Waals surface area (Å²) in [7, 11) is 0. The first-order valence-electron chi connectivity index (χ1n) is 11.3. The zero-order chi connectivity index (χ0) is 25.1. The average Bonchev–Trinajstić information content (AvgIpc) is 3.10. The molecule has 0 aliphatic carbocycles. The third kappa shape index (κ3) is 5.50. The number of hydrogen-bond acceptors (Lipinski definition) is 3. The molecule has 0 spiro atoms. The second kappa shape index (κ2) is 10.8. The van der Waals surface area contributed by atoms with Crippen molar-refractivity contribution in [3.63, 3.8) is 0 Å². The van der Waals surface area contributed by atoms with Gasteiger partial charge in [-0.15, -0.1) is 0 Å². The number of anilines is 2. The zero-order valence-electron chi connectivity index (χ0n) is 19.4. The van der Waals surface area contributed by atoms with E-state index in [1.54, 1.807) is 23.1 Å². The molecule has 8 heteroatoms. The molecule has 0 radical (unpaired) electrons. The molecule has 3 aromatic carbocycles. The number of carbonyl (C=O) groups excluding carboxylic acids is 2. The van der Waals surface area contributed by atoms with Gasteiger partial charge in [-0.3, -0.25) is 9.59 Å². The summed E-state index contributed by atoms with van der Waals surface area (Å²) in [5.74, 6) is -0.767. The molecule has 1 aliphatic heterocycles. The Hall–Kier alpha value is -2.93. The molecule has 5 nitrogen and oxygen atoms in total. The Kier molecular flexibility index (Phi) is 7.75. The number of carbonyl (C=O) groups is 2. The van der Waals surface area contributed by atoms with E-state index in [9.17, 15) is 9.59 Å². The molecule has 2 amide bonds. The first kappa shape index (κ1) is 25.2. The number of nitrogens with zero attached hydrogens (tertiary/aromatic N) is 2. The molecule has 0 aromatic heterocycles. The van der Waals surface area contributed by atoms with Crippen molar-refractivity contribution in [1.82, 2.24) is 4.90 Å². The van der Waals surface area contributed by atoms with Crippen LogP contribution in [0.1, 0.15) is 23.1 Å². The monoisotopic (exact) mass is 525 g/mol. The molecule has 1 heterocycles. The Morgan fingerprint density at radius 2 is 1.71 bits per heavy atom. The van der Waals surface area contributed by atoms with Crippen LogP contribution in [-0.4, -0.2) is 34.4 Å². The first-order valence-corrected chi connectivity index (χ1v) is 12.4. The van der Waals surface area contributed by atoms with Crippen molar-refractivity contribution in [3.05, 3.63) is 93.5 Å². The maximum absolute atomic E-state index is 13.6. The molecule has 1 atom stereocenters. The van der Waals surface area contributed by atoms with E-state index in [0.717, 1.165) is 27.3 Å². The Labute approximate surface area is 220 Å². The van der Waals surface area contributed by atoms with Gasteiger partial charge in [-0.2, -0.15) is 0 Å². The minimum atomic E-state index is -0.774. The highest BCUT2D eigenvalue weighted by Gasteiger charge is 2.44. The van der Waals surface area contributed by atoms with Crippen molar-refractivity contribution in [2.75, 3.05) is 16.8 Å². The molecule has 35 heavy (non-hydrogen) atoms. The number of aryl methyl sites for hydroxylation is 2. The Balaban J connectivity index is 1.64. The summed E-state index contributed by atoms with van der Waals surface area (Å²) in [5.41, 5.74) is 4.35. The van der Waals surface area contributed by atoms with Crippen molar-refractivity contribution >= 4 is 63.7 Å². The Morgan fingerprint density at radius 3 is 2.37 bits per heavy atom. The van der Waals surface area contributed by atoms with Gasteiger partial charge in [0.25, 0.3) is 5.91 Å². The number of hydrogen-bond donors (Lipinski definition) is 1. The molecular weight excluding hydrogens is 501 g/mol. The highest BCUT2D eigenvalue weighted by atomic mass is 35.5. The van der Waals surface area contributed by atoms with Crippen LogP contribution < -0.4 is 10.2 Å². The molecule has 1 aliphatic rings. The van der Waals surface area contributed by atoms with Gasteiger partial charge in [0, 0.05) is 12.2 Å². The molecule has 4 rings (SSSR count). The van der Waals surface area contributed by atoms with Gasteiger partial charge in [-0.1, -0.05) is 77.3 Å². The van der Waals surface area contributed by atoms with Crippen LogP contribution >= 0.6 is 35.4 Å². The van der Waals surface area contributed by atoms with Crippen LogP contribution in [0.15, 0.2) is 66.7 Å². The fourth-order valence-electron chi connectivity index (χ4n) is 4.23. The van der Waals surface area contributed by atoms with Crippen LogP contribution in [0, 0.1) is 13.8 Å². The van der Waals surface area contributed by atoms with Gasteiger partial charge in [-0.05, 0) is 61.8 Å². The lowest BCUT2D eigenvalue weighted by Crippen LogP contribution is -2.48. The number of benzene rings is 3. The molecule has 1 saturated heterocycles. The summed E-state index contributed by atoms with van der Waals surface area (Å²) in [6.07, 6.45) is 0.629. The lowest BCUT2D eigenvalue weighted by molar-refractivity contribution is -0.122. The maximum Gasteiger partial charge on any atom is 0.257 e. The highest BCUT2D eigenvalue weighted by Crippen LogP contribution is 2.37. The van der Waals surface area contributed by atoms with Crippen LogP contribution in [0.2, 0.25) is 10.0 Å². The summed E-state index contributed by atoms with van der Waals surface area (Å²) in [6.45, 7) is 4.48. The largest absolute Gasteiger partial charge is 0.336 e. The lowest BCUT2D eigenvalue weighted by Gasteiger charge is -2.31. The van der Waals surface area contributed by atoms with Gasteiger partial charge < -0.3 is 10.2 Å². The van der Waals surface area contributed by atoms with Gasteiger partial charge >= 0.3 is 0 Å². The molecule has 1 N–H and O–H groups in total. The molecular formula is C27H25Cl2N3O2S. The van der Waals surface area contributed by atoms with Crippen molar-refractivity contribution < 1.29 is 9.59 Å². The first-order chi connectivity index (χ1) is 16.8. The molecule has 0 unspecified atom stereocenters. The number of nitrogens with one attached hydrogen (secondary N) is 1. The van der Waals surface area contributed by atoms with Crippen LogP contribution in [0.25, 0.3) is 0 Å². The topological polar surface area (TPSA) is 52.7 Å². The van der Waals surface area contributed by atoms with Gasteiger partial charge in [0.2, 0.25) is 5.91 Å². The van der Waals surface area contributed by atoms with Gasteiger partial charge in [0.05, 0.1) is 22.2 Å². The van der Waals surface area contributed by atoms with Crippen LogP contribution in [0.3, 0.4) is 0 Å². The molecule has 180 valence electrons. The SMILES string of the molecule is Cc1ccc(NC(=S)N(CCc2ccccc2)[C@@H]2CC(=O)N(c3c(Cl)cccc3Cl)C2=O)c(C)c1. The Morgan fingerprint density at radius 1 is 1.03 bits per heavy atom. The number of amides is 2. The molecule has 0 bridgehead atoms. The van der Waals surface area contributed by atoms with E-state index in [1.807, 2.05) is 56.3 Å². The van der Waals surface area contributed by atoms with Crippen molar-refractivity contribution in [1.29, 1.82) is 0 Å². The third-order valence-electron chi connectivity index (χ3n) is 6.03. The maximum atomic E-state index is 13.6. The fraction of sp³-hybridized carbons (Fsp3) is 0.222. The highest BCUT2D eigenvalue weighted by molar-refractivity contribution is 7.80. The predicted octanol–water partition coefficient (Wildman–Crippen LogP) is 6.18. The minimum Gasteiger partial charge on any atom is -0.336 e. The number of rotatable bonds is 6. The van der Waals surface area contributed by atoms with Gasteiger partial charge in [0.15, 0.2) is 5.11 Å². The second-order valence-electron chi connectivity index (χ2n) is 8.54. The fourth-order valence-corrected chi connectivity index (χ4v) is 5.13. The van der Waals surface area contributed by atoms with Gasteiger partial charge in [0.1, 0.15) is 6.04 Å². The van der Waals surface area contributed by atoms with E-state index in [2.05, 4.69) is 11.4 Å². The molecule has 3 aromatic rings. The van der Waals surface area contributed by atoms with Gasteiger partial charge in [-0.25, -0.2) is 4.90 Å². The summed E-state index contributed by atoms with van der Waals surface area (Å²) in [4.78, 5) is 29.5. The predicted molar refractivity (Wildman–Crippen MR) is 146 cm³/mol. The normalized spacial score (nSPS) is 15.4. The quantitative estimate of drug-likeness (QED) is 0.307. The lowest BCUT2D eigenvalue weighted by atomic mass is 10.1.